The van der Waals surface area contributed by atoms with Crippen LogP contribution in [-0.2, 0) is 16.6 Å². The Morgan fingerprint density at radius 3 is 2.80 bits per heavy atom. The molecule has 2 rings (SSSR count). The summed E-state index contributed by atoms with van der Waals surface area (Å²) in [6.45, 7) is 0. The number of aromatic nitrogens is 2. The lowest BCUT2D eigenvalue weighted by Gasteiger charge is -2.05. The van der Waals surface area contributed by atoms with Crippen molar-refractivity contribution < 1.29 is 19.4 Å². The van der Waals surface area contributed by atoms with Gasteiger partial charge >= 0.3 is 0 Å². The van der Waals surface area contributed by atoms with Crippen molar-refractivity contribution in [2.24, 2.45) is 7.05 Å². The Balaban J connectivity index is 2.30. The Morgan fingerprint density at radius 2 is 2.15 bits per heavy atom. The van der Waals surface area contributed by atoms with Crippen LogP contribution in [-0.4, -0.2) is 28.8 Å². The molecular formula is C13H14N3O4-. The van der Waals surface area contributed by atoms with Crippen LogP contribution in [0, 0.1) is 0 Å². The van der Waals surface area contributed by atoms with E-state index in [4.69, 9.17) is 4.74 Å². The molecule has 7 heteroatoms. The Kier molecular flexibility index (Phi) is 3.88. The van der Waals surface area contributed by atoms with Crippen LogP contribution in [0.3, 0.4) is 0 Å². The number of carbonyl (C=O) groups excluding carboxylic acids is 2. The van der Waals surface area contributed by atoms with Crippen LogP contribution in [0.25, 0.3) is 10.9 Å². The zero-order chi connectivity index (χ0) is 14.7. The summed E-state index contributed by atoms with van der Waals surface area (Å²) in [6.07, 6.45) is -0.483. The predicted molar refractivity (Wildman–Crippen MR) is 70.1 cm³/mol. The number of methoxy groups -OCH3 is 1. The summed E-state index contributed by atoms with van der Waals surface area (Å²) in [5, 5.41) is 17.8. The molecule has 0 radical (unpaired) electrons. The van der Waals surface area contributed by atoms with Crippen LogP contribution in [0.15, 0.2) is 18.2 Å². The zero-order valence-electron chi connectivity index (χ0n) is 11.2. The van der Waals surface area contributed by atoms with E-state index >= 15 is 0 Å². The second-order valence-corrected chi connectivity index (χ2v) is 4.25. The molecular weight excluding hydrogens is 262 g/mol. The van der Waals surface area contributed by atoms with Crippen molar-refractivity contribution in [3.63, 3.8) is 0 Å². The third kappa shape index (κ3) is 2.71. The minimum absolute atomic E-state index is 0.157. The zero-order valence-corrected chi connectivity index (χ0v) is 11.2. The second-order valence-electron chi connectivity index (χ2n) is 4.25. The summed E-state index contributed by atoms with van der Waals surface area (Å²) in [5.41, 5.74) is 0.805. The van der Waals surface area contributed by atoms with Crippen molar-refractivity contribution in [1.29, 1.82) is 0 Å². The Labute approximate surface area is 115 Å². The average Bonchev–Trinajstić information content (AvgIpc) is 2.73. The van der Waals surface area contributed by atoms with Gasteiger partial charge in [-0.15, -0.1) is 0 Å². The molecule has 0 unspecified atom stereocenters. The normalized spacial score (nSPS) is 10.5. The molecule has 1 amide bonds. The van der Waals surface area contributed by atoms with Crippen molar-refractivity contribution in [2.45, 2.75) is 12.8 Å². The molecule has 20 heavy (non-hydrogen) atoms. The number of aryl methyl sites for hydroxylation is 1. The summed E-state index contributed by atoms with van der Waals surface area (Å²) >= 11 is 0. The molecule has 0 bridgehead atoms. The summed E-state index contributed by atoms with van der Waals surface area (Å²) in [7, 11) is 3.28. The number of nitrogens with zero attached hydrogens (tertiary/aromatic N) is 2. The number of carboxylic acids is 1. The molecule has 1 N–H and O–H groups in total. The smallest absolute Gasteiger partial charge is 0.225 e. The van der Waals surface area contributed by atoms with Crippen LogP contribution >= 0.6 is 0 Å². The number of carbonyl (C=O) groups is 2. The highest BCUT2D eigenvalue weighted by Gasteiger charge is 2.15. The molecule has 0 saturated heterocycles. The van der Waals surface area contributed by atoms with E-state index in [2.05, 4.69) is 10.4 Å². The first kappa shape index (κ1) is 13.9. The minimum atomic E-state index is -1.26. The van der Waals surface area contributed by atoms with Gasteiger partial charge in [-0.1, -0.05) is 6.07 Å². The summed E-state index contributed by atoms with van der Waals surface area (Å²) in [4.78, 5) is 22.0. The van der Waals surface area contributed by atoms with Crippen molar-refractivity contribution in [3.8, 4) is 5.75 Å². The number of hydrogen-bond acceptors (Lipinski definition) is 5. The van der Waals surface area contributed by atoms with Gasteiger partial charge in [-0.05, 0) is 18.6 Å². The number of amides is 1. The number of anilines is 1. The quantitative estimate of drug-likeness (QED) is 0.832. The largest absolute Gasteiger partial charge is 0.550 e. The maximum Gasteiger partial charge on any atom is 0.225 e. The van der Waals surface area contributed by atoms with Crippen LogP contribution in [0.2, 0.25) is 0 Å². The average molecular weight is 276 g/mol. The predicted octanol–water partition coefficient (Wildman–Crippen LogP) is 0.0505. The molecule has 1 aromatic heterocycles. The standard InChI is InChI=1S/C13H15N3O4/c1-16-8-4-3-5-9(20-2)12(8)13(15-16)14-10(17)6-7-11(18)19/h3-5H,6-7H2,1-2H3,(H,18,19)(H,14,15,17)/p-1. The van der Waals surface area contributed by atoms with Crippen LogP contribution in [0.5, 0.6) is 5.75 Å². The van der Waals surface area contributed by atoms with Crippen molar-refractivity contribution in [2.75, 3.05) is 12.4 Å². The SMILES string of the molecule is COc1cccc2c1c(NC(=O)CCC(=O)[O-])nn2C. The molecule has 0 aliphatic heterocycles. The summed E-state index contributed by atoms with van der Waals surface area (Å²) in [5.74, 6) is -0.752. The molecule has 0 aliphatic carbocycles. The third-order valence-corrected chi connectivity index (χ3v) is 2.87. The van der Waals surface area contributed by atoms with E-state index in [0.717, 1.165) is 5.52 Å². The number of nitrogens with one attached hydrogen (secondary N) is 1. The third-order valence-electron chi connectivity index (χ3n) is 2.87. The Morgan fingerprint density at radius 1 is 1.40 bits per heavy atom. The van der Waals surface area contributed by atoms with E-state index in [1.807, 2.05) is 12.1 Å². The number of aliphatic carboxylic acids is 1. The van der Waals surface area contributed by atoms with E-state index in [-0.39, 0.29) is 12.8 Å². The topological polar surface area (TPSA) is 96.3 Å². The molecule has 0 atom stereocenters. The monoisotopic (exact) mass is 276 g/mol. The molecule has 106 valence electrons. The van der Waals surface area contributed by atoms with Crippen molar-refractivity contribution >= 4 is 28.6 Å². The van der Waals surface area contributed by atoms with E-state index in [1.54, 1.807) is 17.8 Å². The molecule has 2 aromatic rings. The fourth-order valence-electron chi connectivity index (χ4n) is 1.95. The fourth-order valence-corrected chi connectivity index (χ4v) is 1.95. The van der Waals surface area contributed by atoms with Crippen molar-refractivity contribution in [1.82, 2.24) is 9.78 Å². The fraction of sp³-hybridized carbons (Fsp3) is 0.308. The molecule has 0 fully saturated rings. The van der Waals surface area contributed by atoms with Crippen LogP contribution in [0.1, 0.15) is 12.8 Å². The first-order chi connectivity index (χ1) is 9.52. The summed E-state index contributed by atoms with van der Waals surface area (Å²) in [6, 6.07) is 5.44. The van der Waals surface area contributed by atoms with E-state index < -0.39 is 11.9 Å². The van der Waals surface area contributed by atoms with Gasteiger partial charge in [0.2, 0.25) is 5.91 Å². The van der Waals surface area contributed by atoms with Gasteiger partial charge in [-0.3, -0.25) is 9.48 Å². The highest BCUT2D eigenvalue weighted by atomic mass is 16.5. The van der Waals surface area contributed by atoms with Gasteiger partial charge < -0.3 is 20.0 Å². The van der Waals surface area contributed by atoms with Gasteiger partial charge in [-0.2, -0.15) is 5.10 Å². The number of fused-ring (bicyclic) bond motifs is 1. The number of rotatable bonds is 5. The van der Waals surface area contributed by atoms with Crippen LogP contribution in [0.4, 0.5) is 5.82 Å². The number of ether oxygens (including phenoxy) is 1. The summed E-state index contributed by atoms with van der Waals surface area (Å²) < 4.78 is 6.87. The molecule has 1 aromatic carbocycles. The Hall–Kier alpha value is -2.57. The van der Waals surface area contributed by atoms with Gasteiger partial charge in [0, 0.05) is 19.4 Å². The highest BCUT2D eigenvalue weighted by molar-refractivity contribution is 6.03. The maximum absolute atomic E-state index is 11.7. The van der Waals surface area contributed by atoms with Gasteiger partial charge in [-0.25, -0.2) is 0 Å². The number of hydrogen-bond donors (Lipinski definition) is 1. The van der Waals surface area contributed by atoms with Gasteiger partial charge in [0.05, 0.1) is 18.0 Å². The first-order valence-electron chi connectivity index (χ1n) is 6.02. The lowest BCUT2D eigenvalue weighted by Crippen LogP contribution is -2.24. The molecule has 0 saturated carbocycles. The van der Waals surface area contributed by atoms with E-state index in [0.29, 0.717) is 17.0 Å². The van der Waals surface area contributed by atoms with E-state index in [9.17, 15) is 14.7 Å². The second kappa shape index (κ2) is 5.60. The Bertz CT molecular complexity index is 663. The first-order valence-corrected chi connectivity index (χ1v) is 6.02. The molecule has 1 heterocycles. The maximum atomic E-state index is 11.7. The molecule has 7 nitrogen and oxygen atoms in total. The van der Waals surface area contributed by atoms with Gasteiger partial charge in [0.15, 0.2) is 5.82 Å². The van der Waals surface area contributed by atoms with E-state index in [1.165, 1.54) is 7.11 Å². The van der Waals surface area contributed by atoms with Crippen molar-refractivity contribution in [3.05, 3.63) is 18.2 Å². The lowest BCUT2D eigenvalue weighted by atomic mass is 10.2. The van der Waals surface area contributed by atoms with Gasteiger partial charge in [0.1, 0.15) is 5.75 Å². The van der Waals surface area contributed by atoms with Crippen LogP contribution < -0.4 is 15.2 Å². The van der Waals surface area contributed by atoms with Gasteiger partial charge in [0.25, 0.3) is 0 Å². The lowest BCUT2D eigenvalue weighted by molar-refractivity contribution is -0.305. The minimum Gasteiger partial charge on any atom is -0.550 e. The molecule has 0 aliphatic rings. The highest BCUT2D eigenvalue weighted by Crippen LogP contribution is 2.31. The number of carboxylic acid groups (broad SMARTS) is 1. The number of benzene rings is 1. The molecule has 0 spiro atoms.